The smallest absolute Gasteiger partial charge is 0.357 e. The summed E-state index contributed by atoms with van der Waals surface area (Å²) in [6.07, 6.45) is 3.52. The van der Waals surface area contributed by atoms with Crippen LogP contribution in [0.15, 0.2) is 5.38 Å². The van der Waals surface area contributed by atoms with Gasteiger partial charge in [0, 0.05) is 25.1 Å². The fourth-order valence-electron chi connectivity index (χ4n) is 2.24. The Morgan fingerprint density at radius 3 is 3.15 bits per heavy atom. The Labute approximate surface area is 123 Å². The lowest BCUT2D eigenvalue weighted by Crippen LogP contribution is -2.39. The fraction of sp³-hybridized carbons (Fsp3) is 0.714. The van der Waals surface area contributed by atoms with Crippen molar-refractivity contribution in [3.05, 3.63) is 11.1 Å². The third kappa shape index (κ3) is 3.93. The lowest BCUT2D eigenvalue weighted by Gasteiger charge is -2.32. The standard InChI is InChI=1S/C14H22N2O3S/c1-3-8-19-11-6-5-7-16(9-11)14-15-12(10-20-14)13(17)18-4-2/h10-11H,3-9H2,1-2H3. The van der Waals surface area contributed by atoms with Gasteiger partial charge in [-0.1, -0.05) is 6.92 Å². The molecule has 1 aliphatic heterocycles. The van der Waals surface area contributed by atoms with E-state index in [9.17, 15) is 4.79 Å². The van der Waals surface area contributed by atoms with Crippen molar-refractivity contribution in [3.63, 3.8) is 0 Å². The average Bonchev–Trinajstić information content (AvgIpc) is 2.95. The van der Waals surface area contributed by atoms with Gasteiger partial charge in [-0.2, -0.15) is 0 Å². The second-order valence-electron chi connectivity index (χ2n) is 4.82. The minimum absolute atomic E-state index is 0.277. The largest absolute Gasteiger partial charge is 0.461 e. The van der Waals surface area contributed by atoms with E-state index in [1.54, 1.807) is 12.3 Å². The van der Waals surface area contributed by atoms with Gasteiger partial charge in [-0.15, -0.1) is 11.3 Å². The molecule has 5 nitrogen and oxygen atoms in total. The third-order valence-electron chi connectivity index (χ3n) is 3.18. The number of esters is 1. The first-order valence-corrected chi connectivity index (χ1v) is 8.11. The summed E-state index contributed by atoms with van der Waals surface area (Å²) in [5, 5.41) is 2.65. The highest BCUT2D eigenvalue weighted by Gasteiger charge is 2.23. The molecule has 2 rings (SSSR count). The number of anilines is 1. The monoisotopic (exact) mass is 298 g/mol. The summed E-state index contributed by atoms with van der Waals surface area (Å²) in [5.74, 6) is -0.342. The van der Waals surface area contributed by atoms with E-state index >= 15 is 0 Å². The second-order valence-corrected chi connectivity index (χ2v) is 5.65. The van der Waals surface area contributed by atoms with Crippen LogP contribution in [0.4, 0.5) is 5.13 Å². The Morgan fingerprint density at radius 1 is 1.55 bits per heavy atom. The van der Waals surface area contributed by atoms with Crippen LogP contribution >= 0.6 is 11.3 Å². The summed E-state index contributed by atoms with van der Waals surface area (Å²) in [5.41, 5.74) is 0.406. The second kappa shape index (κ2) is 7.59. The summed E-state index contributed by atoms with van der Waals surface area (Å²) in [7, 11) is 0. The maximum Gasteiger partial charge on any atom is 0.357 e. The van der Waals surface area contributed by atoms with Crippen LogP contribution in [0.5, 0.6) is 0 Å². The van der Waals surface area contributed by atoms with Crippen molar-refractivity contribution in [1.29, 1.82) is 0 Å². The molecular formula is C14H22N2O3S. The lowest BCUT2D eigenvalue weighted by molar-refractivity contribution is 0.0440. The van der Waals surface area contributed by atoms with Gasteiger partial charge in [0.1, 0.15) is 0 Å². The van der Waals surface area contributed by atoms with E-state index in [4.69, 9.17) is 9.47 Å². The molecule has 1 aliphatic rings. The number of carbonyl (C=O) groups is 1. The Balaban J connectivity index is 1.95. The van der Waals surface area contributed by atoms with Gasteiger partial charge in [-0.25, -0.2) is 9.78 Å². The van der Waals surface area contributed by atoms with Crippen LogP contribution in [-0.2, 0) is 9.47 Å². The number of rotatable bonds is 6. The van der Waals surface area contributed by atoms with Gasteiger partial charge >= 0.3 is 5.97 Å². The molecule has 112 valence electrons. The number of ether oxygens (including phenoxy) is 2. The summed E-state index contributed by atoms with van der Waals surface area (Å²) in [6, 6.07) is 0. The lowest BCUT2D eigenvalue weighted by atomic mass is 10.1. The fourth-order valence-corrected chi connectivity index (χ4v) is 3.07. The van der Waals surface area contributed by atoms with Gasteiger partial charge in [-0.05, 0) is 26.2 Å². The number of aromatic nitrogens is 1. The molecule has 1 fully saturated rings. The molecule has 6 heteroatoms. The van der Waals surface area contributed by atoms with Crippen LogP contribution in [0.2, 0.25) is 0 Å². The highest BCUT2D eigenvalue weighted by molar-refractivity contribution is 7.13. The van der Waals surface area contributed by atoms with Gasteiger partial charge in [-0.3, -0.25) is 0 Å². The van der Waals surface area contributed by atoms with Crippen molar-refractivity contribution in [2.75, 3.05) is 31.2 Å². The van der Waals surface area contributed by atoms with Gasteiger partial charge in [0.25, 0.3) is 0 Å². The van der Waals surface area contributed by atoms with E-state index < -0.39 is 0 Å². The van der Waals surface area contributed by atoms with Crippen molar-refractivity contribution < 1.29 is 14.3 Å². The van der Waals surface area contributed by atoms with E-state index in [2.05, 4.69) is 16.8 Å². The minimum atomic E-state index is -0.342. The van der Waals surface area contributed by atoms with Crippen LogP contribution in [0.25, 0.3) is 0 Å². The van der Waals surface area contributed by atoms with Crippen molar-refractivity contribution in [3.8, 4) is 0 Å². The van der Waals surface area contributed by atoms with E-state index in [-0.39, 0.29) is 12.1 Å². The quantitative estimate of drug-likeness (QED) is 0.756. The van der Waals surface area contributed by atoms with Crippen molar-refractivity contribution in [2.24, 2.45) is 0 Å². The van der Waals surface area contributed by atoms with Gasteiger partial charge < -0.3 is 14.4 Å². The Kier molecular flexibility index (Phi) is 5.79. The molecular weight excluding hydrogens is 276 g/mol. The average molecular weight is 298 g/mol. The molecule has 1 unspecified atom stereocenters. The number of hydrogen-bond donors (Lipinski definition) is 0. The summed E-state index contributed by atoms with van der Waals surface area (Å²) < 4.78 is 10.8. The highest BCUT2D eigenvalue weighted by Crippen LogP contribution is 2.25. The molecule has 20 heavy (non-hydrogen) atoms. The van der Waals surface area contributed by atoms with Crippen molar-refractivity contribution in [1.82, 2.24) is 4.98 Å². The third-order valence-corrected chi connectivity index (χ3v) is 4.08. The maximum absolute atomic E-state index is 11.6. The molecule has 0 spiro atoms. The molecule has 0 radical (unpaired) electrons. The van der Waals surface area contributed by atoms with Crippen LogP contribution in [0.1, 0.15) is 43.6 Å². The number of hydrogen-bond acceptors (Lipinski definition) is 6. The first kappa shape index (κ1) is 15.3. The molecule has 0 amide bonds. The van der Waals surface area contributed by atoms with Crippen molar-refractivity contribution >= 4 is 22.4 Å². The summed E-state index contributed by atoms with van der Waals surface area (Å²) >= 11 is 1.49. The van der Waals surface area contributed by atoms with E-state index in [1.807, 2.05) is 0 Å². The molecule has 0 aromatic carbocycles. The molecule has 0 aliphatic carbocycles. The Hall–Kier alpha value is -1.14. The van der Waals surface area contributed by atoms with Crippen LogP contribution in [0, 0.1) is 0 Å². The number of thiazole rings is 1. The molecule has 2 heterocycles. The predicted octanol–water partition coefficient (Wildman–Crippen LogP) is 2.72. The number of carbonyl (C=O) groups excluding carboxylic acids is 1. The van der Waals surface area contributed by atoms with Crippen molar-refractivity contribution in [2.45, 2.75) is 39.2 Å². The van der Waals surface area contributed by atoms with Gasteiger partial charge in [0.2, 0.25) is 0 Å². The zero-order valence-electron chi connectivity index (χ0n) is 12.1. The molecule has 1 aromatic heterocycles. The van der Waals surface area contributed by atoms with Crippen LogP contribution < -0.4 is 4.90 Å². The molecule has 0 bridgehead atoms. The molecule has 1 saturated heterocycles. The first-order valence-electron chi connectivity index (χ1n) is 7.23. The summed E-state index contributed by atoms with van der Waals surface area (Å²) in [4.78, 5) is 18.2. The van der Waals surface area contributed by atoms with Gasteiger partial charge in [0.15, 0.2) is 10.8 Å². The summed E-state index contributed by atoms with van der Waals surface area (Å²) in [6.45, 7) is 6.93. The predicted molar refractivity (Wildman–Crippen MR) is 79.5 cm³/mol. The maximum atomic E-state index is 11.6. The van der Waals surface area contributed by atoms with E-state index in [1.165, 1.54) is 11.3 Å². The zero-order valence-corrected chi connectivity index (χ0v) is 12.9. The number of nitrogens with zero attached hydrogens (tertiary/aromatic N) is 2. The highest BCUT2D eigenvalue weighted by atomic mass is 32.1. The van der Waals surface area contributed by atoms with Crippen LogP contribution in [-0.4, -0.2) is 43.4 Å². The Morgan fingerprint density at radius 2 is 2.40 bits per heavy atom. The van der Waals surface area contributed by atoms with E-state index in [0.29, 0.717) is 12.3 Å². The molecule has 1 atom stereocenters. The SMILES string of the molecule is CCCOC1CCCN(c2nc(C(=O)OCC)cs2)C1. The molecule has 0 N–H and O–H groups in total. The number of piperidine rings is 1. The topological polar surface area (TPSA) is 51.7 Å². The zero-order chi connectivity index (χ0) is 14.4. The molecule has 1 aromatic rings. The minimum Gasteiger partial charge on any atom is -0.461 e. The molecule has 0 saturated carbocycles. The van der Waals surface area contributed by atoms with Crippen LogP contribution in [0.3, 0.4) is 0 Å². The first-order chi connectivity index (χ1) is 9.74. The van der Waals surface area contributed by atoms with Gasteiger partial charge in [0.05, 0.1) is 12.7 Å². The Bertz CT molecular complexity index is 436. The normalized spacial score (nSPS) is 19.1. The van der Waals surface area contributed by atoms with E-state index in [0.717, 1.165) is 44.1 Å².